The van der Waals surface area contributed by atoms with Gasteiger partial charge in [-0.2, -0.15) is 17.0 Å². The summed E-state index contributed by atoms with van der Waals surface area (Å²) < 4.78 is 27.4. The van der Waals surface area contributed by atoms with E-state index in [1.807, 2.05) is 0 Å². The van der Waals surface area contributed by atoms with Crippen LogP contribution in [0.2, 0.25) is 0 Å². The molecule has 1 N–H and O–H groups in total. The molecule has 1 aliphatic rings. The number of carbonyl (C=O) groups is 1. The fraction of sp³-hybridized carbons (Fsp3) is 0.909. The highest BCUT2D eigenvalue weighted by Crippen LogP contribution is 2.23. The van der Waals surface area contributed by atoms with E-state index in [9.17, 15) is 13.2 Å². The summed E-state index contributed by atoms with van der Waals surface area (Å²) in [5, 5.41) is 8.88. The van der Waals surface area contributed by atoms with Crippen LogP contribution in [0, 0.1) is 0 Å². The first-order chi connectivity index (χ1) is 8.15. The summed E-state index contributed by atoms with van der Waals surface area (Å²) in [4.78, 5) is 10.9. The normalized spacial score (nSPS) is 19.1. The van der Waals surface area contributed by atoms with Crippen LogP contribution in [0.4, 0.5) is 0 Å². The van der Waals surface area contributed by atoms with E-state index in [4.69, 9.17) is 5.11 Å². The number of rotatable bonds is 4. The van der Waals surface area contributed by atoms with Gasteiger partial charge in [-0.3, -0.25) is 4.79 Å². The molecule has 0 spiro atoms. The molecule has 0 radical (unpaired) electrons. The Kier molecular flexibility index (Phi) is 4.74. The van der Waals surface area contributed by atoms with E-state index in [2.05, 4.69) is 0 Å². The highest BCUT2D eigenvalue weighted by Gasteiger charge is 2.38. The molecule has 7 heteroatoms. The average molecular weight is 278 g/mol. The van der Waals surface area contributed by atoms with Crippen molar-refractivity contribution in [3.63, 3.8) is 0 Å². The Morgan fingerprint density at radius 2 is 1.72 bits per heavy atom. The zero-order chi connectivity index (χ0) is 14.0. The lowest BCUT2D eigenvalue weighted by Gasteiger charge is -2.38. The molecule has 0 unspecified atom stereocenters. The standard InChI is InChI=1S/C11H22N2O4S/c1-11(2,3)13(9-10(14)15)18(16,17)12-7-5-4-6-8-12/h4-9H2,1-3H3,(H,14,15). The zero-order valence-electron chi connectivity index (χ0n) is 11.2. The largest absolute Gasteiger partial charge is 0.480 e. The van der Waals surface area contributed by atoms with Gasteiger partial charge in [0.2, 0.25) is 0 Å². The number of hydrogen-bond donors (Lipinski definition) is 1. The molecule has 6 nitrogen and oxygen atoms in total. The van der Waals surface area contributed by atoms with Crippen LogP contribution in [0.5, 0.6) is 0 Å². The molecule has 1 aliphatic heterocycles. The molecule has 0 saturated carbocycles. The topological polar surface area (TPSA) is 77.9 Å². The minimum Gasteiger partial charge on any atom is -0.480 e. The van der Waals surface area contributed by atoms with Gasteiger partial charge in [-0.15, -0.1) is 0 Å². The van der Waals surface area contributed by atoms with Crippen molar-refractivity contribution >= 4 is 16.2 Å². The van der Waals surface area contributed by atoms with Gasteiger partial charge in [-0.1, -0.05) is 6.42 Å². The van der Waals surface area contributed by atoms with E-state index in [1.165, 1.54) is 4.31 Å². The molecular formula is C11H22N2O4S. The summed E-state index contributed by atoms with van der Waals surface area (Å²) >= 11 is 0. The van der Waals surface area contributed by atoms with Crippen molar-refractivity contribution in [3.8, 4) is 0 Å². The van der Waals surface area contributed by atoms with Crippen LogP contribution >= 0.6 is 0 Å². The van der Waals surface area contributed by atoms with Crippen molar-refractivity contribution in [1.82, 2.24) is 8.61 Å². The van der Waals surface area contributed by atoms with Gasteiger partial charge >= 0.3 is 5.97 Å². The molecule has 0 aromatic rings. The summed E-state index contributed by atoms with van der Waals surface area (Å²) in [5.41, 5.74) is -0.741. The predicted octanol–water partition coefficient (Wildman–Crippen LogP) is 0.902. The molecule has 1 rings (SSSR count). The highest BCUT2D eigenvalue weighted by atomic mass is 32.2. The van der Waals surface area contributed by atoms with E-state index < -0.39 is 28.3 Å². The second-order valence-corrected chi connectivity index (χ2v) is 7.39. The lowest BCUT2D eigenvalue weighted by molar-refractivity contribution is -0.138. The van der Waals surface area contributed by atoms with E-state index in [1.54, 1.807) is 20.8 Å². The molecule has 106 valence electrons. The van der Waals surface area contributed by atoms with E-state index in [0.717, 1.165) is 23.6 Å². The Morgan fingerprint density at radius 3 is 2.11 bits per heavy atom. The quantitative estimate of drug-likeness (QED) is 0.829. The molecule has 0 atom stereocenters. The summed E-state index contributed by atoms with van der Waals surface area (Å²) in [5.74, 6) is -1.13. The van der Waals surface area contributed by atoms with Crippen molar-refractivity contribution in [2.75, 3.05) is 19.6 Å². The fourth-order valence-corrected chi connectivity index (χ4v) is 3.99. The van der Waals surface area contributed by atoms with Gasteiger partial charge in [0.05, 0.1) is 0 Å². The second kappa shape index (κ2) is 5.54. The van der Waals surface area contributed by atoms with Gasteiger partial charge in [-0.05, 0) is 33.6 Å². The third-order valence-corrected chi connectivity index (χ3v) is 5.20. The molecule has 0 amide bonds. The van der Waals surface area contributed by atoms with Crippen molar-refractivity contribution in [2.24, 2.45) is 0 Å². The Hall–Kier alpha value is -0.660. The van der Waals surface area contributed by atoms with Gasteiger partial charge < -0.3 is 5.11 Å². The van der Waals surface area contributed by atoms with Crippen LogP contribution in [-0.4, -0.2) is 53.3 Å². The second-order valence-electron chi connectivity index (χ2n) is 5.54. The van der Waals surface area contributed by atoms with Crippen LogP contribution in [0.15, 0.2) is 0 Å². The maximum atomic E-state index is 12.5. The van der Waals surface area contributed by atoms with Crippen LogP contribution in [-0.2, 0) is 15.0 Å². The number of aliphatic carboxylic acids is 1. The number of hydrogen-bond acceptors (Lipinski definition) is 3. The first kappa shape index (κ1) is 15.4. The number of carboxylic acids is 1. The molecule has 1 saturated heterocycles. The van der Waals surface area contributed by atoms with Crippen LogP contribution in [0.25, 0.3) is 0 Å². The van der Waals surface area contributed by atoms with Gasteiger partial charge in [-0.25, -0.2) is 0 Å². The van der Waals surface area contributed by atoms with Gasteiger partial charge in [0.1, 0.15) is 6.54 Å². The summed E-state index contributed by atoms with van der Waals surface area (Å²) in [6, 6.07) is 0. The first-order valence-corrected chi connectivity index (χ1v) is 7.55. The summed E-state index contributed by atoms with van der Waals surface area (Å²) in [7, 11) is -3.69. The lowest BCUT2D eigenvalue weighted by Crippen LogP contribution is -2.54. The van der Waals surface area contributed by atoms with Crippen LogP contribution < -0.4 is 0 Å². The van der Waals surface area contributed by atoms with Crippen molar-refractivity contribution < 1.29 is 18.3 Å². The van der Waals surface area contributed by atoms with Gasteiger partial charge in [0, 0.05) is 18.6 Å². The third-order valence-electron chi connectivity index (χ3n) is 2.95. The van der Waals surface area contributed by atoms with Crippen molar-refractivity contribution in [2.45, 2.75) is 45.6 Å². The predicted molar refractivity (Wildman–Crippen MR) is 68.4 cm³/mol. The molecule has 18 heavy (non-hydrogen) atoms. The van der Waals surface area contributed by atoms with Crippen molar-refractivity contribution in [3.05, 3.63) is 0 Å². The molecule has 0 aromatic heterocycles. The Balaban J connectivity index is 2.99. The monoisotopic (exact) mass is 278 g/mol. The lowest BCUT2D eigenvalue weighted by atomic mass is 10.1. The fourth-order valence-electron chi connectivity index (χ4n) is 2.02. The van der Waals surface area contributed by atoms with Gasteiger partial charge in [0.15, 0.2) is 0 Å². The third kappa shape index (κ3) is 3.66. The SMILES string of the molecule is CC(C)(C)N(CC(=O)O)S(=O)(=O)N1CCCCC1. The molecule has 1 fully saturated rings. The summed E-state index contributed by atoms with van der Waals surface area (Å²) in [6.07, 6.45) is 2.70. The van der Waals surface area contributed by atoms with E-state index in [0.29, 0.717) is 13.1 Å². The van der Waals surface area contributed by atoms with Crippen LogP contribution in [0.3, 0.4) is 0 Å². The first-order valence-electron chi connectivity index (χ1n) is 6.15. The number of nitrogens with zero attached hydrogens (tertiary/aromatic N) is 2. The maximum absolute atomic E-state index is 12.5. The molecule has 0 aliphatic carbocycles. The number of piperidine rings is 1. The molecular weight excluding hydrogens is 256 g/mol. The molecule has 1 heterocycles. The maximum Gasteiger partial charge on any atom is 0.318 e. The smallest absolute Gasteiger partial charge is 0.318 e. The van der Waals surface area contributed by atoms with E-state index >= 15 is 0 Å². The van der Waals surface area contributed by atoms with Crippen molar-refractivity contribution in [1.29, 1.82) is 0 Å². The number of carboxylic acid groups (broad SMARTS) is 1. The van der Waals surface area contributed by atoms with E-state index in [-0.39, 0.29) is 0 Å². The highest BCUT2D eigenvalue weighted by molar-refractivity contribution is 7.86. The zero-order valence-corrected chi connectivity index (χ0v) is 12.0. The Labute approximate surface area is 109 Å². The molecule has 0 aromatic carbocycles. The average Bonchev–Trinajstić information content (AvgIpc) is 2.25. The van der Waals surface area contributed by atoms with Crippen LogP contribution in [0.1, 0.15) is 40.0 Å². The minimum absolute atomic E-state index is 0.481. The Morgan fingerprint density at radius 1 is 1.22 bits per heavy atom. The molecule has 0 bridgehead atoms. The van der Waals surface area contributed by atoms with Gasteiger partial charge in [0.25, 0.3) is 10.2 Å². The Bertz CT molecular complexity index is 394. The summed E-state index contributed by atoms with van der Waals surface area (Å²) in [6.45, 7) is 5.58. The minimum atomic E-state index is -3.69.